The molecule has 2 aromatic carbocycles. The summed E-state index contributed by atoms with van der Waals surface area (Å²) in [6.07, 6.45) is 4.18. The Morgan fingerprint density at radius 3 is 2.69 bits per heavy atom. The first kappa shape index (κ1) is 24.5. The van der Waals surface area contributed by atoms with E-state index in [1.807, 2.05) is 6.07 Å². The average molecular weight is 524 g/mol. The molecule has 1 aromatic heterocycles. The highest BCUT2D eigenvalue weighted by Crippen LogP contribution is 2.45. The number of anilines is 1. The molecule has 2 heterocycles. The molecular weight excluding hydrogens is 501 g/mol. The lowest BCUT2D eigenvalue weighted by atomic mass is 9.77. The minimum absolute atomic E-state index is 0.113. The highest BCUT2D eigenvalue weighted by molar-refractivity contribution is 6.31. The number of rotatable bonds is 6. The first-order valence-corrected chi connectivity index (χ1v) is 12.4. The van der Waals surface area contributed by atoms with Crippen LogP contribution in [0.15, 0.2) is 70.9 Å². The Kier molecular flexibility index (Phi) is 6.60. The average Bonchev–Trinajstić information content (AvgIpc) is 3.43. The molecule has 3 aromatic rings. The van der Waals surface area contributed by atoms with Gasteiger partial charge in [-0.2, -0.15) is 0 Å². The van der Waals surface area contributed by atoms with Gasteiger partial charge in [-0.05, 0) is 72.9 Å². The number of furan rings is 1. The molecule has 6 nitrogen and oxygen atoms in total. The van der Waals surface area contributed by atoms with Crippen LogP contribution < -0.4 is 4.90 Å². The first-order valence-electron chi connectivity index (χ1n) is 11.7. The number of carbonyl (C=O) groups excluding carboxylic acids is 3. The molecule has 8 heteroatoms. The van der Waals surface area contributed by atoms with E-state index in [0.717, 1.165) is 0 Å². The van der Waals surface area contributed by atoms with Gasteiger partial charge in [0.25, 0.3) is 5.91 Å². The maximum Gasteiger partial charge on any atom is 0.264 e. The van der Waals surface area contributed by atoms with Crippen molar-refractivity contribution in [2.24, 2.45) is 5.92 Å². The molecule has 36 heavy (non-hydrogen) atoms. The number of fused-ring (bicyclic) bond motifs is 1. The van der Waals surface area contributed by atoms with Crippen molar-refractivity contribution in [1.82, 2.24) is 0 Å². The van der Waals surface area contributed by atoms with E-state index in [2.05, 4.69) is 0 Å². The summed E-state index contributed by atoms with van der Waals surface area (Å²) >= 11 is 12.5. The number of benzene rings is 2. The molecule has 5 rings (SSSR count). The van der Waals surface area contributed by atoms with Gasteiger partial charge in [0.1, 0.15) is 11.5 Å². The van der Waals surface area contributed by atoms with E-state index in [-0.39, 0.29) is 17.9 Å². The summed E-state index contributed by atoms with van der Waals surface area (Å²) in [6.45, 7) is 0.113. The summed E-state index contributed by atoms with van der Waals surface area (Å²) in [5, 5.41) is 12.5. The van der Waals surface area contributed by atoms with Crippen molar-refractivity contribution in [1.29, 1.82) is 0 Å². The van der Waals surface area contributed by atoms with Gasteiger partial charge in [0.2, 0.25) is 0 Å². The van der Waals surface area contributed by atoms with Crippen LogP contribution in [0.4, 0.5) is 5.69 Å². The quantitative estimate of drug-likeness (QED) is 0.329. The topological polar surface area (TPSA) is 87.8 Å². The van der Waals surface area contributed by atoms with Crippen LogP contribution in [0, 0.1) is 5.92 Å². The van der Waals surface area contributed by atoms with Gasteiger partial charge in [0, 0.05) is 22.0 Å². The van der Waals surface area contributed by atoms with Crippen molar-refractivity contribution in [3.63, 3.8) is 0 Å². The smallest absolute Gasteiger partial charge is 0.264 e. The number of Topliss-reactive ketones (excluding diaryl/α,β-unsaturated/α-hetero) is 2. The van der Waals surface area contributed by atoms with Crippen LogP contribution in [0.5, 0.6) is 0 Å². The third-order valence-electron chi connectivity index (χ3n) is 6.83. The third-order valence-corrected chi connectivity index (χ3v) is 7.43. The second-order valence-electron chi connectivity index (χ2n) is 9.14. The van der Waals surface area contributed by atoms with Gasteiger partial charge in [-0.3, -0.25) is 14.4 Å². The lowest BCUT2D eigenvalue weighted by molar-refractivity contribution is -0.145. The van der Waals surface area contributed by atoms with Crippen LogP contribution in [-0.4, -0.2) is 22.6 Å². The molecule has 2 atom stereocenters. The number of hydrogen-bond donors (Lipinski definition) is 1. The van der Waals surface area contributed by atoms with Crippen molar-refractivity contribution in [2.45, 2.75) is 37.8 Å². The van der Waals surface area contributed by atoms with Gasteiger partial charge in [-0.25, -0.2) is 0 Å². The summed E-state index contributed by atoms with van der Waals surface area (Å²) in [4.78, 5) is 41.6. The molecule has 0 spiro atoms. The van der Waals surface area contributed by atoms with E-state index in [0.29, 0.717) is 51.9 Å². The maximum absolute atomic E-state index is 13.6. The number of halogens is 2. The number of amides is 1. The standard InChI is InChI=1S/C28H23Cl2NO5/c29-19-10-11-24-22(14-19)28(35,27(34)31(24)16-18-5-1-2-9-23(18)30)15-25(32)21-8-3-6-17(26(21)33)13-20-7-4-12-36-20/h1-2,4-5,7,9-14,21,35H,3,6,8,15-16H2/b17-13-/t21-,28+/m1/s1. The summed E-state index contributed by atoms with van der Waals surface area (Å²) in [5.74, 6) is -1.82. The molecule has 1 amide bonds. The minimum atomic E-state index is -2.14. The lowest BCUT2D eigenvalue weighted by Crippen LogP contribution is -2.43. The predicted molar refractivity (Wildman–Crippen MR) is 137 cm³/mol. The minimum Gasteiger partial charge on any atom is -0.465 e. The highest BCUT2D eigenvalue weighted by Gasteiger charge is 2.52. The number of carbonyl (C=O) groups is 3. The molecule has 1 N–H and O–H groups in total. The summed E-state index contributed by atoms with van der Waals surface area (Å²) in [5.41, 5.74) is -0.244. The largest absolute Gasteiger partial charge is 0.465 e. The Hall–Kier alpha value is -3.19. The Balaban J connectivity index is 1.44. The van der Waals surface area contributed by atoms with Crippen molar-refractivity contribution >= 4 is 52.4 Å². The number of hydrogen-bond acceptors (Lipinski definition) is 5. The van der Waals surface area contributed by atoms with Gasteiger partial charge in [0.15, 0.2) is 11.4 Å². The molecular formula is C28H23Cl2NO5. The zero-order chi connectivity index (χ0) is 25.4. The van der Waals surface area contributed by atoms with E-state index < -0.39 is 29.6 Å². The molecule has 1 saturated carbocycles. The van der Waals surface area contributed by atoms with E-state index in [1.165, 1.54) is 17.2 Å². The molecule has 0 unspecified atom stereocenters. The van der Waals surface area contributed by atoms with Crippen molar-refractivity contribution in [2.75, 3.05) is 4.90 Å². The fourth-order valence-electron chi connectivity index (χ4n) is 4.99. The van der Waals surface area contributed by atoms with E-state index in [9.17, 15) is 19.5 Å². The van der Waals surface area contributed by atoms with E-state index >= 15 is 0 Å². The Labute approximate surface area is 218 Å². The highest BCUT2D eigenvalue weighted by atomic mass is 35.5. The van der Waals surface area contributed by atoms with Crippen molar-refractivity contribution in [3.05, 3.63) is 93.4 Å². The fourth-order valence-corrected chi connectivity index (χ4v) is 5.36. The molecule has 0 bridgehead atoms. The SMILES string of the molecule is O=C(C[C@@]1(O)C(=O)N(Cc2ccccc2Cl)c2ccc(Cl)cc21)[C@H]1CCC/C(=C/c2ccco2)C1=O. The molecule has 1 aliphatic carbocycles. The van der Waals surface area contributed by atoms with Gasteiger partial charge >= 0.3 is 0 Å². The van der Waals surface area contributed by atoms with Crippen LogP contribution in [0.2, 0.25) is 10.0 Å². The molecule has 1 aliphatic heterocycles. The number of ketones is 2. The normalized spacial score (nSPS) is 22.8. The van der Waals surface area contributed by atoms with Gasteiger partial charge in [0.05, 0.1) is 24.4 Å². The number of aliphatic hydroxyl groups is 1. The summed E-state index contributed by atoms with van der Waals surface area (Å²) < 4.78 is 5.31. The zero-order valence-electron chi connectivity index (χ0n) is 19.2. The van der Waals surface area contributed by atoms with Crippen LogP contribution in [0.3, 0.4) is 0 Å². The van der Waals surface area contributed by atoms with Crippen LogP contribution in [0.25, 0.3) is 6.08 Å². The third kappa shape index (κ3) is 4.41. The molecule has 2 aliphatic rings. The zero-order valence-corrected chi connectivity index (χ0v) is 20.8. The molecule has 184 valence electrons. The molecule has 0 radical (unpaired) electrons. The van der Waals surface area contributed by atoms with Crippen LogP contribution in [-0.2, 0) is 26.5 Å². The fraction of sp³-hybridized carbons (Fsp3) is 0.250. The van der Waals surface area contributed by atoms with Crippen molar-refractivity contribution < 1.29 is 23.9 Å². The lowest BCUT2D eigenvalue weighted by Gasteiger charge is -2.27. The first-order chi connectivity index (χ1) is 17.3. The predicted octanol–water partition coefficient (Wildman–Crippen LogP) is 5.73. The number of nitrogens with zero attached hydrogens (tertiary/aromatic N) is 1. The number of allylic oxidation sites excluding steroid dienone is 1. The molecule has 1 fully saturated rings. The maximum atomic E-state index is 13.6. The van der Waals surface area contributed by atoms with E-state index in [1.54, 1.807) is 48.5 Å². The van der Waals surface area contributed by atoms with Crippen LogP contribution >= 0.6 is 23.2 Å². The Bertz CT molecular complexity index is 1380. The Morgan fingerprint density at radius 2 is 1.94 bits per heavy atom. The second-order valence-corrected chi connectivity index (χ2v) is 9.99. The summed E-state index contributed by atoms with van der Waals surface area (Å²) in [7, 11) is 0. The van der Waals surface area contributed by atoms with Crippen molar-refractivity contribution in [3.8, 4) is 0 Å². The Morgan fingerprint density at radius 1 is 1.14 bits per heavy atom. The summed E-state index contributed by atoms with van der Waals surface area (Å²) in [6, 6.07) is 15.3. The van der Waals surface area contributed by atoms with Crippen LogP contribution in [0.1, 0.15) is 42.6 Å². The van der Waals surface area contributed by atoms with Gasteiger partial charge in [-0.1, -0.05) is 41.4 Å². The van der Waals surface area contributed by atoms with Gasteiger partial charge < -0.3 is 14.4 Å². The second kappa shape index (κ2) is 9.69. The van der Waals surface area contributed by atoms with Gasteiger partial charge in [-0.15, -0.1) is 0 Å². The molecule has 0 saturated heterocycles. The van der Waals surface area contributed by atoms with E-state index in [4.69, 9.17) is 27.6 Å². The monoisotopic (exact) mass is 523 g/mol.